The summed E-state index contributed by atoms with van der Waals surface area (Å²) in [5.74, 6) is -1.02. The monoisotopic (exact) mass is 428 g/mol. The van der Waals surface area contributed by atoms with Gasteiger partial charge in [-0.05, 0) is 55.1 Å². The molecule has 1 aliphatic rings. The van der Waals surface area contributed by atoms with E-state index < -0.39 is 23.5 Å². The largest absolute Gasteiger partial charge is 0.503 e. The van der Waals surface area contributed by atoms with Crippen LogP contribution in [0.2, 0.25) is 5.02 Å². The van der Waals surface area contributed by atoms with E-state index >= 15 is 0 Å². The van der Waals surface area contributed by atoms with Crippen molar-refractivity contribution in [2.24, 2.45) is 0 Å². The highest BCUT2D eigenvalue weighted by atomic mass is 35.5. The van der Waals surface area contributed by atoms with Gasteiger partial charge in [0.15, 0.2) is 11.5 Å². The average molecular weight is 429 g/mol. The van der Waals surface area contributed by atoms with Crippen molar-refractivity contribution in [3.63, 3.8) is 0 Å². The number of hydrogen-bond donors (Lipinski definition) is 1. The molecule has 1 atom stereocenters. The fourth-order valence-electron chi connectivity index (χ4n) is 3.58. The molecule has 2 aromatic rings. The van der Waals surface area contributed by atoms with Crippen molar-refractivity contribution in [3.05, 3.63) is 76.4 Å². The maximum absolute atomic E-state index is 13.0. The molecule has 0 bridgehead atoms. The van der Waals surface area contributed by atoms with Crippen LogP contribution in [0.25, 0.3) is 6.08 Å². The summed E-state index contributed by atoms with van der Waals surface area (Å²) in [7, 11) is 0. The highest BCUT2D eigenvalue weighted by Crippen LogP contribution is 2.38. The first-order valence-corrected chi connectivity index (χ1v) is 10.3. The topological polar surface area (TPSA) is 74.0 Å². The van der Waals surface area contributed by atoms with E-state index in [2.05, 4.69) is 4.90 Å². The molecule has 0 spiro atoms. The van der Waals surface area contributed by atoms with Crippen molar-refractivity contribution in [3.8, 4) is 0 Å². The molecule has 0 fully saturated rings. The number of halogens is 1. The first-order chi connectivity index (χ1) is 14.5. The number of amides is 1. The molecule has 0 aliphatic carbocycles. The molecular formula is C23H25ClN2O4. The second-order valence-corrected chi connectivity index (χ2v) is 7.39. The third-order valence-corrected chi connectivity index (χ3v) is 5.46. The molecule has 1 N–H and O–H groups in total. The lowest BCUT2D eigenvalue weighted by atomic mass is 9.96. The molecule has 2 heterocycles. The Bertz CT molecular complexity index is 961. The van der Waals surface area contributed by atoms with Gasteiger partial charge in [-0.15, -0.1) is 0 Å². The second kappa shape index (κ2) is 9.78. The normalized spacial score (nSPS) is 17.0. The van der Waals surface area contributed by atoms with Crippen LogP contribution >= 0.6 is 11.6 Å². The molecule has 0 radical (unpaired) electrons. The number of rotatable bonds is 9. The fourth-order valence-corrected chi connectivity index (χ4v) is 3.78. The average Bonchev–Trinajstić information content (AvgIpc) is 3.34. The van der Waals surface area contributed by atoms with E-state index in [1.54, 1.807) is 36.4 Å². The van der Waals surface area contributed by atoms with Gasteiger partial charge in [-0.1, -0.05) is 37.6 Å². The van der Waals surface area contributed by atoms with Gasteiger partial charge in [-0.3, -0.25) is 9.59 Å². The predicted octanol–water partition coefficient (Wildman–Crippen LogP) is 4.25. The van der Waals surface area contributed by atoms with E-state index in [-0.39, 0.29) is 5.57 Å². The highest BCUT2D eigenvalue weighted by Gasteiger charge is 2.42. The molecule has 3 rings (SSSR count). The second-order valence-electron chi connectivity index (χ2n) is 6.96. The minimum atomic E-state index is -0.708. The molecule has 0 saturated carbocycles. The third kappa shape index (κ3) is 4.66. The van der Waals surface area contributed by atoms with Gasteiger partial charge in [0.05, 0.1) is 17.9 Å². The molecule has 6 nitrogen and oxygen atoms in total. The van der Waals surface area contributed by atoms with Gasteiger partial charge in [0.2, 0.25) is 0 Å². The van der Waals surface area contributed by atoms with Crippen LogP contribution in [0.4, 0.5) is 0 Å². The zero-order chi connectivity index (χ0) is 21.7. The zero-order valence-electron chi connectivity index (χ0n) is 17.0. The summed E-state index contributed by atoms with van der Waals surface area (Å²) in [6.45, 7) is 6.80. The van der Waals surface area contributed by atoms with Crippen molar-refractivity contribution in [1.82, 2.24) is 9.80 Å². The maximum Gasteiger partial charge on any atom is 0.290 e. The van der Waals surface area contributed by atoms with Crippen molar-refractivity contribution >= 4 is 29.4 Å². The van der Waals surface area contributed by atoms with Gasteiger partial charge in [-0.25, -0.2) is 0 Å². The summed E-state index contributed by atoms with van der Waals surface area (Å²) in [6.07, 6.45) is 4.33. The number of allylic oxidation sites excluding steroid dienone is 1. The van der Waals surface area contributed by atoms with Crippen LogP contribution in [-0.4, -0.2) is 52.8 Å². The molecular weight excluding hydrogens is 404 g/mol. The van der Waals surface area contributed by atoms with E-state index in [0.29, 0.717) is 29.4 Å². The van der Waals surface area contributed by atoms with Crippen molar-refractivity contribution in [1.29, 1.82) is 0 Å². The standard InChI is InChI=1S/C23H25ClN2O4/c1-3-25(4-2)12-13-26-21(16-7-5-8-17(24)15-16)20(22(28)23(26)29)19(27)11-10-18-9-6-14-30-18/h5-11,14-15,21,28H,3-4,12-13H2,1-2H3/b11-10+. The lowest BCUT2D eigenvalue weighted by Crippen LogP contribution is -2.38. The molecule has 1 amide bonds. The van der Waals surface area contributed by atoms with Crippen LogP contribution in [0.5, 0.6) is 0 Å². The Balaban J connectivity index is 1.95. The number of carbonyl (C=O) groups excluding carboxylic acids is 2. The van der Waals surface area contributed by atoms with Gasteiger partial charge < -0.3 is 19.3 Å². The molecule has 1 unspecified atom stereocenters. The van der Waals surface area contributed by atoms with Crippen LogP contribution in [0.3, 0.4) is 0 Å². The van der Waals surface area contributed by atoms with Crippen molar-refractivity contribution in [2.45, 2.75) is 19.9 Å². The highest BCUT2D eigenvalue weighted by molar-refractivity contribution is 6.30. The number of likely N-dealkylation sites (N-methyl/N-ethyl adjacent to an activating group) is 1. The smallest absolute Gasteiger partial charge is 0.290 e. The summed E-state index contributed by atoms with van der Waals surface area (Å²) in [6, 6.07) is 9.72. The number of aliphatic hydroxyl groups is 1. The van der Waals surface area contributed by atoms with E-state index in [1.165, 1.54) is 23.3 Å². The van der Waals surface area contributed by atoms with Gasteiger partial charge in [-0.2, -0.15) is 0 Å². The Hall–Kier alpha value is -2.83. The third-order valence-electron chi connectivity index (χ3n) is 5.23. The number of nitrogens with zero attached hydrogens (tertiary/aromatic N) is 2. The lowest BCUT2D eigenvalue weighted by molar-refractivity contribution is -0.129. The number of benzene rings is 1. The van der Waals surface area contributed by atoms with Gasteiger partial charge in [0, 0.05) is 18.1 Å². The van der Waals surface area contributed by atoms with Crippen molar-refractivity contribution < 1.29 is 19.1 Å². The van der Waals surface area contributed by atoms with Gasteiger partial charge >= 0.3 is 0 Å². The minimum Gasteiger partial charge on any atom is -0.503 e. The van der Waals surface area contributed by atoms with E-state index in [1.807, 2.05) is 13.8 Å². The molecule has 0 saturated heterocycles. The zero-order valence-corrected chi connectivity index (χ0v) is 17.8. The van der Waals surface area contributed by atoms with Crippen LogP contribution in [0.1, 0.15) is 31.2 Å². The summed E-state index contributed by atoms with van der Waals surface area (Å²) in [5, 5.41) is 11.1. The Labute approximate surface area is 181 Å². The summed E-state index contributed by atoms with van der Waals surface area (Å²) < 4.78 is 5.21. The maximum atomic E-state index is 13.0. The quantitative estimate of drug-likeness (QED) is 0.604. The van der Waals surface area contributed by atoms with E-state index in [0.717, 1.165) is 13.1 Å². The molecule has 7 heteroatoms. The van der Waals surface area contributed by atoms with Crippen LogP contribution in [0.15, 0.2) is 64.5 Å². The summed E-state index contributed by atoms with van der Waals surface area (Å²) >= 11 is 6.17. The Morgan fingerprint density at radius 3 is 2.67 bits per heavy atom. The van der Waals surface area contributed by atoms with E-state index in [4.69, 9.17) is 16.0 Å². The predicted molar refractivity (Wildman–Crippen MR) is 116 cm³/mol. The molecule has 1 aliphatic heterocycles. The first-order valence-electron chi connectivity index (χ1n) is 9.94. The number of aliphatic hydroxyl groups excluding tert-OH is 1. The number of ketones is 1. The van der Waals surface area contributed by atoms with Gasteiger partial charge in [0.25, 0.3) is 5.91 Å². The number of carbonyl (C=O) groups is 2. The fraction of sp³-hybridized carbons (Fsp3) is 0.304. The number of furan rings is 1. The van der Waals surface area contributed by atoms with E-state index in [9.17, 15) is 14.7 Å². The van der Waals surface area contributed by atoms with Crippen LogP contribution in [-0.2, 0) is 9.59 Å². The Kier molecular flexibility index (Phi) is 7.13. The van der Waals surface area contributed by atoms with Crippen LogP contribution in [0, 0.1) is 0 Å². The lowest BCUT2D eigenvalue weighted by Gasteiger charge is -2.29. The Morgan fingerprint density at radius 1 is 1.27 bits per heavy atom. The first kappa shape index (κ1) is 21.9. The molecule has 158 valence electrons. The van der Waals surface area contributed by atoms with Gasteiger partial charge in [0.1, 0.15) is 5.76 Å². The SMILES string of the molecule is CCN(CC)CCN1C(=O)C(O)=C(C(=O)/C=C/c2ccco2)C1c1cccc(Cl)c1. The molecule has 30 heavy (non-hydrogen) atoms. The molecule has 1 aromatic carbocycles. The van der Waals surface area contributed by atoms with Crippen LogP contribution < -0.4 is 0 Å². The molecule has 1 aromatic heterocycles. The summed E-state index contributed by atoms with van der Waals surface area (Å²) in [4.78, 5) is 29.6. The number of hydrogen-bond acceptors (Lipinski definition) is 5. The Morgan fingerprint density at radius 2 is 2.03 bits per heavy atom. The minimum absolute atomic E-state index is 0.0459. The summed E-state index contributed by atoms with van der Waals surface area (Å²) in [5.41, 5.74) is 0.721. The van der Waals surface area contributed by atoms with Crippen molar-refractivity contribution in [2.75, 3.05) is 26.2 Å².